The second-order valence-electron chi connectivity index (χ2n) is 6.86. The number of benzene rings is 3. The summed E-state index contributed by atoms with van der Waals surface area (Å²) < 4.78 is 0. The van der Waals surface area contributed by atoms with Crippen molar-refractivity contribution in [3.8, 4) is 0 Å². The number of carbonyl (C=O) groups is 2. The van der Waals surface area contributed by atoms with E-state index in [0.717, 1.165) is 16.3 Å². The molecule has 1 unspecified atom stereocenters. The first-order valence-corrected chi connectivity index (χ1v) is 9.46. The van der Waals surface area contributed by atoms with Crippen molar-refractivity contribution in [3.63, 3.8) is 0 Å². The van der Waals surface area contributed by atoms with Gasteiger partial charge in [-0.3, -0.25) is 14.6 Å². The predicted octanol–water partition coefficient (Wildman–Crippen LogP) is 4.13. The number of nitrogens with zero attached hydrogens (tertiary/aromatic N) is 1. The molecule has 6 heteroatoms. The summed E-state index contributed by atoms with van der Waals surface area (Å²) in [7, 11) is 0. The first-order valence-electron chi connectivity index (χ1n) is 9.46. The molecule has 0 aliphatic rings. The Balaban J connectivity index is 1.57. The van der Waals surface area contributed by atoms with E-state index in [4.69, 9.17) is 5.73 Å². The Bertz CT molecular complexity index is 1210. The van der Waals surface area contributed by atoms with E-state index in [1.165, 1.54) is 0 Å². The molecule has 148 valence electrons. The van der Waals surface area contributed by atoms with Crippen molar-refractivity contribution in [2.24, 2.45) is 5.73 Å². The fourth-order valence-electron chi connectivity index (χ4n) is 3.24. The minimum absolute atomic E-state index is 0.237. The second kappa shape index (κ2) is 8.45. The van der Waals surface area contributed by atoms with E-state index in [1.54, 1.807) is 36.7 Å². The number of anilines is 2. The third-order valence-corrected chi connectivity index (χ3v) is 4.75. The minimum Gasteiger partial charge on any atom is -0.370 e. The lowest BCUT2D eigenvalue weighted by atomic mass is 10.0. The highest BCUT2D eigenvalue weighted by Gasteiger charge is 2.18. The summed E-state index contributed by atoms with van der Waals surface area (Å²) in [6.07, 6.45) is 3.47. The third kappa shape index (κ3) is 4.28. The van der Waals surface area contributed by atoms with Gasteiger partial charge in [0.05, 0.1) is 0 Å². The Morgan fingerprint density at radius 1 is 0.833 bits per heavy atom. The van der Waals surface area contributed by atoms with Crippen LogP contribution >= 0.6 is 0 Å². The van der Waals surface area contributed by atoms with Crippen molar-refractivity contribution in [2.45, 2.75) is 6.04 Å². The molecular weight excluding hydrogens is 376 g/mol. The molecule has 1 heterocycles. The molecule has 0 saturated heterocycles. The molecular formula is C24H20N4O2. The first-order chi connectivity index (χ1) is 14.6. The Morgan fingerprint density at radius 3 is 2.43 bits per heavy atom. The molecule has 4 N–H and O–H groups in total. The van der Waals surface area contributed by atoms with E-state index >= 15 is 0 Å². The topological polar surface area (TPSA) is 97.1 Å². The summed E-state index contributed by atoms with van der Waals surface area (Å²) in [5, 5.41) is 7.94. The number of aromatic nitrogens is 1. The zero-order valence-electron chi connectivity index (χ0n) is 16.1. The summed E-state index contributed by atoms with van der Waals surface area (Å²) in [6.45, 7) is 0. The lowest BCUT2D eigenvalue weighted by Gasteiger charge is -2.18. The Labute approximate surface area is 173 Å². The van der Waals surface area contributed by atoms with Gasteiger partial charge in [0.2, 0.25) is 5.91 Å². The number of rotatable bonds is 6. The highest BCUT2D eigenvalue weighted by Crippen LogP contribution is 2.24. The van der Waals surface area contributed by atoms with E-state index in [-0.39, 0.29) is 5.91 Å². The summed E-state index contributed by atoms with van der Waals surface area (Å²) >= 11 is 0. The standard InChI is InChI=1S/C24H20N4O2/c25-23(29)22(17-9-10-19-15-26-12-11-16(19)13-17)27-21-8-4-5-18(14-21)24(30)28-20-6-2-1-3-7-20/h1-15,22,27H,(H2,25,29)(H,28,30). The number of hydrogen-bond acceptors (Lipinski definition) is 4. The maximum atomic E-state index is 12.6. The highest BCUT2D eigenvalue weighted by molar-refractivity contribution is 6.04. The molecule has 0 radical (unpaired) electrons. The molecule has 0 aliphatic carbocycles. The van der Waals surface area contributed by atoms with Crippen molar-refractivity contribution in [2.75, 3.05) is 10.6 Å². The predicted molar refractivity (Wildman–Crippen MR) is 118 cm³/mol. The molecule has 2 amide bonds. The molecule has 0 fully saturated rings. The lowest BCUT2D eigenvalue weighted by molar-refractivity contribution is -0.118. The van der Waals surface area contributed by atoms with Gasteiger partial charge in [0.1, 0.15) is 6.04 Å². The SMILES string of the molecule is NC(=O)C(Nc1cccc(C(=O)Nc2ccccc2)c1)c1ccc2cnccc2c1. The zero-order valence-corrected chi connectivity index (χ0v) is 16.1. The third-order valence-electron chi connectivity index (χ3n) is 4.75. The van der Waals surface area contributed by atoms with E-state index in [9.17, 15) is 9.59 Å². The summed E-state index contributed by atoms with van der Waals surface area (Å²) in [4.78, 5) is 28.8. The zero-order chi connectivity index (χ0) is 20.9. The van der Waals surface area contributed by atoms with E-state index in [2.05, 4.69) is 15.6 Å². The summed E-state index contributed by atoms with van der Waals surface area (Å²) in [5.41, 5.74) is 8.20. The normalized spacial score (nSPS) is 11.6. The van der Waals surface area contributed by atoms with Crippen LogP contribution in [0.4, 0.5) is 11.4 Å². The minimum atomic E-state index is -0.741. The monoisotopic (exact) mass is 396 g/mol. The number of pyridine rings is 1. The second-order valence-corrected chi connectivity index (χ2v) is 6.86. The number of hydrogen-bond donors (Lipinski definition) is 3. The number of para-hydroxylation sites is 1. The number of fused-ring (bicyclic) bond motifs is 1. The van der Waals surface area contributed by atoms with E-state index < -0.39 is 11.9 Å². The number of nitrogens with two attached hydrogens (primary N) is 1. The van der Waals surface area contributed by atoms with Crippen LogP contribution in [0.2, 0.25) is 0 Å². The molecule has 1 atom stereocenters. The van der Waals surface area contributed by atoms with Crippen LogP contribution in [0.25, 0.3) is 10.8 Å². The summed E-state index contributed by atoms with van der Waals surface area (Å²) in [5.74, 6) is -0.749. The van der Waals surface area contributed by atoms with Gasteiger partial charge in [0.15, 0.2) is 0 Å². The van der Waals surface area contributed by atoms with Crippen molar-refractivity contribution in [3.05, 3.63) is 102 Å². The fourth-order valence-corrected chi connectivity index (χ4v) is 3.24. The number of nitrogens with one attached hydrogen (secondary N) is 2. The van der Waals surface area contributed by atoms with Crippen molar-refractivity contribution >= 4 is 34.0 Å². The largest absolute Gasteiger partial charge is 0.370 e. The van der Waals surface area contributed by atoms with E-state index in [0.29, 0.717) is 16.9 Å². The van der Waals surface area contributed by atoms with E-state index in [1.807, 2.05) is 54.6 Å². The van der Waals surface area contributed by atoms with Crippen LogP contribution in [-0.4, -0.2) is 16.8 Å². The molecule has 0 spiro atoms. The number of primary amides is 1. The van der Waals surface area contributed by atoms with Crippen LogP contribution in [0.3, 0.4) is 0 Å². The maximum Gasteiger partial charge on any atom is 0.255 e. The van der Waals surface area contributed by atoms with Crippen LogP contribution in [0, 0.1) is 0 Å². The van der Waals surface area contributed by atoms with Gasteiger partial charge in [-0.25, -0.2) is 0 Å². The van der Waals surface area contributed by atoms with Crippen LogP contribution in [0.15, 0.2) is 91.3 Å². The first kappa shape index (κ1) is 19.1. The Morgan fingerprint density at radius 2 is 1.63 bits per heavy atom. The molecule has 0 saturated carbocycles. The van der Waals surface area contributed by atoms with Crippen LogP contribution in [0.1, 0.15) is 22.0 Å². The Kier molecular flexibility index (Phi) is 5.39. The fraction of sp³-hybridized carbons (Fsp3) is 0.0417. The number of carbonyl (C=O) groups excluding carboxylic acids is 2. The van der Waals surface area contributed by atoms with Gasteiger partial charge >= 0.3 is 0 Å². The Hall–Kier alpha value is -4.19. The molecule has 4 rings (SSSR count). The van der Waals surface area contributed by atoms with Crippen molar-refractivity contribution < 1.29 is 9.59 Å². The van der Waals surface area contributed by atoms with Crippen molar-refractivity contribution in [1.82, 2.24) is 4.98 Å². The van der Waals surface area contributed by atoms with Gasteiger partial charge in [-0.15, -0.1) is 0 Å². The smallest absolute Gasteiger partial charge is 0.255 e. The molecule has 4 aromatic rings. The van der Waals surface area contributed by atoms with Crippen LogP contribution in [-0.2, 0) is 4.79 Å². The quantitative estimate of drug-likeness (QED) is 0.457. The van der Waals surface area contributed by atoms with Gasteiger partial charge in [-0.1, -0.05) is 36.4 Å². The van der Waals surface area contributed by atoms with Crippen LogP contribution in [0.5, 0.6) is 0 Å². The average molecular weight is 396 g/mol. The van der Waals surface area contributed by atoms with Gasteiger partial charge in [-0.05, 0) is 53.4 Å². The highest BCUT2D eigenvalue weighted by atomic mass is 16.2. The molecule has 0 aliphatic heterocycles. The summed E-state index contributed by atoms with van der Waals surface area (Å²) in [6, 6.07) is 23.0. The maximum absolute atomic E-state index is 12.6. The van der Waals surface area contributed by atoms with Crippen LogP contribution < -0.4 is 16.4 Å². The van der Waals surface area contributed by atoms with Gasteiger partial charge in [-0.2, -0.15) is 0 Å². The van der Waals surface area contributed by atoms with Crippen molar-refractivity contribution in [1.29, 1.82) is 0 Å². The molecule has 30 heavy (non-hydrogen) atoms. The van der Waals surface area contributed by atoms with Gasteiger partial charge < -0.3 is 16.4 Å². The lowest BCUT2D eigenvalue weighted by Crippen LogP contribution is -2.27. The van der Waals surface area contributed by atoms with Gasteiger partial charge in [0.25, 0.3) is 5.91 Å². The molecule has 0 bridgehead atoms. The molecule has 3 aromatic carbocycles. The molecule has 6 nitrogen and oxygen atoms in total. The molecule has 1 aromatic heterocycles. The van der Waals surface area contributed by atoms with Gasteiger partial charge in [0, 0.05) is 34.7 Å². The average Bonchev–Trinajstić information content (AvgIpc) is 2.78. The number of amides is 2.